The van der Waals surface area contributed by atoms with E-state index in [0.717, 1.165) is 64.7 Å². The summed E-state index contributed by atoms with van der Waals surface area (Å²) in [6, 6.07) is -2.93. The summed E-state index contributed by atoms with van der Waals surface area (Å²) in [6.07, 6.45) is -1.68. The molecular formula is C69H130N2O24. The molecule has 4 fully saturated rings. The van der Waals surface area contributed by atoms with Gasteiger partial charge in [-0.3, -0.25) is 9.59 Å². The van der Waals surface area contributed by atoms with Crippen molar-refractivity contribution in [1.82, 2.24) is 10.6 Å². The lowest BCUT2D eigenvalue weighted by Crippen LogP contribution is -2.68. The number of nitrogens with one attached hydrogen (secondary N) is 2. The molecule has 0 aromatic heterocycles. The molecule has 95 heavy (non-hydrogen) atoms. The van der Waals surface area contributed by atoms with Gasteiger partial charge in [0.05, 0.1) is 44.7 Å². The normalized spacial score (nSPS) is 32.7. The quantitative estimate of drug-likeness (QED) is 0.0387. The first-order valence-corrected chi connectivity index (χ1v) is 36.7. The van der Waals surface area contributed by atoms with Crippen LogP contribution in [0, 0.1) is 5.92 Å². The van der Waals surface area contributed by atoms with Crippen molar-refractivity contribution in [2.45, 2.75) is 394 Å². The van der Waals surface area contributed by atoms with Crippen LogP contribution >= 0.6 is 0 Å². The van der Waals surface area contributed by atoms with E-state index in [9.17, 15) is 81.1 Å². The zero-order valence-electron chi connectivity index (χ0n) is 57.9. The second-order valence-corrected chi connectivity index (χ2v) is 27.9. The summed E-state index contributed by atoms with van der Waals surface area (Å²) in [5, 5.41) is 159. The smallest absolute Gasteiger partial charge is 0.249 e. The highest BCUT2D eigenvalue weighted by Crippen LogP contribution is 2.34. The van der Waals surface area contributed by atoms with Gasteiger partial charge in [-0.15, -0.1) is 0 Å². The Bertz CT molecular complexity index is 1970. The van der Waals surface area contributed by atoms with Crippen molar-refractivity contribution in [3.05, 3.63) is 0 Å². The highest BCUT2D eigenvalue weighted by molar-refractivity contribution is 5.80. The Kier molecular flexibility index (Phi) is 43.2. The average molecular weight is 1370 g/mol. The van der Waals surface area contributed by atoms with Crippen molar-refractivity contribution in [3.8, 4) is 0 Å². The van der Waals surface area contributed by atoms with E-state index >= 15 is 0 Å². The Hall–Kier alpha value is -1.94. The Morgan fingerprint density at radius 2 is 0.853 bits per heavy atom. The Morgan fingerprint density at radius 1 is 0.442 bits per heavy atom. The highest BCUT2D eigenvalue weighted by atomic mass is 16.8. The van der Waals surface area contributed by atoms with Crippen LogP contribution in [0.2, 0.25) is 0 Å². The molecule has 24 atom stereocenters. The van der Waals surface area contributed by atoms with Crippen molar-refractivity contribution in [1.29, 1.82) is 0 Å². The molecule has 26 heteroatoms. The summed E-state index contributed by atoms with van der Waals surface area (Å²) in [6.45, 7) is 6.05. The lowest BCUT2D eigenvalue weighted by Gasteiger charge is -2.48. The number of hydrogen-bond acceptors (Lipinski definition) is 24. The molecule has 4 heterocycles. The van der Waals surface area contributed by atoms with E-state index in [2.05, 4.69) is 31.4 Å². The van der Waals surface area contributed by atoms with E-state index in [1.165, 1.54) is 135 Å². The molecule has 0 unspecified atom stereocenters. The molecule has 560 valence electrons. The number of unbranched alkanes of at least 4 members (excludes halogenated alkanes) is 28. The topological polar surface area (TPSA) is 415 Å². The zero-order chi connectivity index (χ0) is 69.8. The molecule has 0 aromatic rings. The van der Waals surface area contributed by atoms with Gasteiger partial charge >= 0.3 is 0 Å². The summed E-state index contributed by atoms with van der Waals surface area (Å²) in [4.78, 5) is 26.3. The average Bonchev–Trinajstić information content (AvgIpc) is 0.800. The second kappa shape index (κ2) is 48.0. The molecular weight excluding hydrogens is 1240 g/mol. The van der Waals surface area contributed by atoms with Crippen molar-refractivity contribution in [2.75, 3.05) is 26.4 Å². The van der Waals surface area contributed by atoms with Crippen molar-refractivity contribution in [2.24, 2.45) is 5.92 Å². The minimum absolute atomic E-state index is 0.124. The predicted molar refractivity (Wildman–Crippen MR) is 351 cm³/mol. The molecule has 16 N–H and O–H groups in total. The summed E-state index contributed by atoms with van der Waals surface area (Å²) < 4.78 is 47.2. The van der Waals surface area contributed by atoms with Gasteiger partial charge in [-0.2, -0.15) is 0 Å². The summed E-state index contributed by atoms with van der Waals surface area (Å²) in [7, 11) is 0. The largest absolute Gasteiger partial charge is 0.394 e. The van der Waals surface area contributed by atoms with Crippen LogP contribution in [0.3, 0.4) is 0 Å². The number of carbonyl (C=O) groups excluding carboxylic acids is 2. The van der Waals surface area contributed by atoms with Gasteiger partial charge in [0.1, 0.15) is 104 Å². The molecule has 4 saturated heterocycles. The molecule has 0 spiro atoms. The first-order valence-electron chi connectivity index (χ1n) is 36.7. The van der Waals surface area contributed by atoms with Crippen molar-refractivity contribution >= 4 is 11.8 Å². The third-order valence-corrected chi connectivity index (χ3v) is 19.3. The van der Waals surface area contributed by atoms with Crippen LogP contribution in [0.25, 0.3) is 0 Å². The van der Waals surface area contributed by atoms with Crippen LogP contribution in [0.1, 0.15) is 247 Å². The van der Waals surface area contributed by atoms with Crippen LogP contribution < -0.4 is 10.6 Å². The predicted octanol–water partition coefficient (Wildman–Crippen LogP) is 3.56. The minimum atomic E-state index is -2.10. The van der Waals surface area contributed by atoms with Gasteiger partial charge in [0.25, 0.3) is 0 Å². The number of hydrogen-bond donors (Lipinski definition) is 16. The summed E-state index contributed by atoms with van der Waals surface area (Å²) in [5.41, 5.74) is 0. The zero-order valence-corrected chi connectivity index (χ0v) is 57.9. The van der Waals surface area contributed by atoms with E-state index in [4.69, 9.17) is 37.9 Å². The monoisotopic (exact) mass is 1370 g/mol. The summed E-state index contributed by atoms with van der Waals surface area (Å²) >= 11 is 0. The fourth-order valence-corrected chi connectivity index (χ4v) is 13.1. The van der Waals surface area contributed by atoms with Crippen LogP contribution in [-0.2, 0) is 47.5 Å². The molecule has 4 rings (SSSR count). The standard InChI is InChI=1S/C69H130N2O24/c1-6-7-8-9-10-11-12-13-14-15-16-17-18-19-20-21-22-25-29-32-35-38-48(76)65(87)71-46(54(78)47(75)37-34-31-28-26-23-24-27-30-33-36-43(2)3)41-88-69-64(60(84)55(79)49(39-72)92-69)95-68-62(86)59(83)56(80)51(93-68)42-89-66-52(70-45(5)74)63(57(81)50(40-73)91-66)94-67-61(85)58(82)53(77)44(4)90-67/h43-44,46-64,66-69,72-73,75-86H,6-42H2,1-5H3,(H,70,74)(H,71,87)/t44-,46-,47+,48+,49+,50+,51+,52+,53-,54-,55-,56-,57-,58+,59-,60-,61+,62+,63+,64+,66+,67-,68+,69-/m0/s1. The highest BCUT2D eigenvalue weighted by Gasteiger charge is 2.54. The lowest BCUT2D eigenvalue weighted by molar-refractivity contribution is -0.373. The lowest BCUT2D eigenvalue weighted by atomic mass is 9.95. The van der Waals surface area contributed by atoms with Gasteiger partial charge in [-0.25, -0.2) is 0 Å². The molecule has 0 bridgehead atoms. The van der Waals surface area contributed by atoms with E-state index in [1.54, 1.807) is 0 Å². The van der Waals surface area contributed by atoms with Crippen LogP contribution in [0.4, 0.5) is 0 Å². The van der Waals surface area contributed by atoms with Crippen LogP contribution in [0.5, 0.6) is 0 Å². The van der Waals surface area contributed by atoms with Crippen molar-refractivity contribution in [3.63, 3.8) is 0 Å². The Balaban J connectivity index is 1.38. The van der Waals surface area contributed by atoms with E-state index in [-0.39, 0.29) is 12.8 Å². The fourth-order valence-electron chi connectivity index (χ4n) is 13.1. The first kappa shape index (κ1) is 85.5. The SMILES string of the molecule is CCCCCCCCCCCCCCCCCCCCCCC[C@@H](O)C(=O)N[C@@H](CO[C@H]1O[C@H](CO)[C@H](O)[C@H](O)[C@H]1O[C@H]1O[C@H](CO[C@@H]2O[C@H](CO)[C@H](O)[C@H](O[C@@H]3O[C@@H](C)[C@H](O)[C@@H](O)[C@H]3O)[C@H]2NC(C)=O)[C@H](O)[C@H](O)[C@H]1O)[C@H](O)[C@H](O)CCCCCCCCCCCC(C)C. The maximum absolute atomic E-state index is 13.7. The number of ether oxygens (including phenoxy) is 8. The molecule has 2 amide bonds. The molecule has 4 aliphatic heterocycles. The number of aliphatic hydroxyl groups is 14. The number of rotatable bonds is 51. The molecule has 26 nitrogen and oxygen atoms in total. The number of carbonyl (C=O) groups is 2. The Morgan fingerprint density at radius 3 is 1.34 bits per heavy atom. The number of aliphatic hydroxyl groups excluding tert-OH is 14. The molecule has 4 aliphatic rings. The van der Waals surface area contributed by atoms with Crippen molar-refractivity contribution < 1.29 is 119 Å². The van der Waals surface area contributed by atoms with Crippen LogP contribution in [0.15, 0.2) is 0 Å². The molecule has 0 aliphatic carbocycles. The summed E-state index contributed by atoms with van der Waals surface area (Å²) in [5.74, 6) is -0.857. The first-order chi connectivity index (χ1) is 45.6. The van der Waals surface area contributed by atoms with Crippen LogP contribution in [-0.4, -0.2) is 257 Å². The van der Waals surface area contributed by atoms with E-state index in [0.29, 0.717) is 18.8 Å². The maximum atomic E-state index is 13.7. The van der Waals surface area contributed by atoms with E-state index < -0.39 is 185 Å². The van der Waals surface area contributed by atoms with Gasteiger partial charge in [0.15, 0.2) is 25.2 Å². The maximum Gasteiger partial charge on any atom is 0.249 e. The molecule has 0 radical (unpaired) electrons. The van der Waals surface area contributed by atoms with Gasteiger partial charge in [0.2, 0.25) is 11.8 Å². The van der Waals surface area contributed by atoms with Gasteiger partial charge in [-0.1, -0.05) is 220 Å². The van der Waals surface area contributed by atoms with Gasteiger partial charge in [0, 0.05) is 6.92 Å². The van der Waals surface area contributed by atoms with E-state index in [1.807, 2.05) is 0 Å². The third kappa shape index (κ3) is 30.3. The number of amides is 2. The van der Waals surface area contributed by atoms with Gasteiger partial charge < -0.3 is 120 Å². The minimum Gasteiger partial charge on any atom is -0.394 e. The fraction of sp³-hybridized carbons (Fsp3) is 0.971. The second-order valence-electron chi connectivity index (χ2n) is 27.9. The Labute approximate surface area is 565 Å². The van der Waals surface area contributed by atoms with Gasteiger partial charge in [-0.05, 0) is 25.7 Å². The molecule has 0 saturated carbocycles. The third-order valence-electron chi connectivity index (χ3n) is 19.3. The molecule has 0 aromatic carbocycles.